The maximum atomic E-state index is 5.24. The van der Waals surface area contributed by atoms with Crippen LogP contribution in [0.2, 0.25) is 0 Å². The van der Waals surface area contributed by atoms with Gasteiger partial charge >= 0.3 is 0 Å². The monoisotopic (exact) mass is 216 g/mol. The molecule has 0 unspecified atom stereocenters. The standard InChI is InChI=1S/C13H16N2O/c1-9-7-12(5-6-13(9)16-4)15-11(3)8-10(2)14-15/h5-8H,1-4H3. The molecule has 0 atom stereocenters. The van der Waals surface area contributed by atoms with Gasteiger partial charge in [-0.15, -0.1) is 0 Å². The van der Waals surface area contributed by atoms with Crippen molar-refractivity contribution in [2.24, 2.45) is 0 Å². The second kappa shape index (κ2) is 4.00. The van der Waals surface area contributed by atoms with Gasteiger partial charge in [0.2, 0.25) is 0 Å². The molecule has 0 aliphatic rings. The third-order valence-electron chi connectivity index (χ3n) is 2.63. The molecule has 0 aliphatic heterocycles. The highest BCUT2D eigenvalue weighted by Gasteiger charge is 2.05. The van der Waals surface area contributed by atoms with Crippen molar-refractivity contribution >= 4 is 0 Å². The summed E-state index contributed by atoms with van der Waals surface area (Å²) in [5, 5.41) is 4.45. The van der Waals surface area contributed by atoms with Gasteiger partial charge in [-0.3, -0.25) is 0 Å². The number of hydrogen-bond donors (Lipinski definition) is 0. The van der Waals surface area contributed by atoms with Crippen LogP contribution in [0.25, 0.3) is 5.69 Å². The summed E-state index contributed by atoms with van der Waals surface area (Å²) in [6.45, 7) is 6.09. The third kappa shape index (κ3) is 1.81. The summed E-state index contributed by atoms with van der Waals surface area (Å²) in [5.74, 6) is 0.908. The fourth-order valence-corrected chi connectivity index (χ4v) is 1.88. The Morgan fingerprint density at radius 3 is 2.38 bits per heavy atom. The molecule has 3 heteroatoms. The van der Waals surface area contributed by atoms with Crippen LogP contribution in [0.1, 0.15) is 17.0 Å². The van der Waals surface area contributed by atoms with E-state index in [0.29, 0.717) is 0 Å². The summed E-state index contributed by atoms with van der Waals surface area (Å²) in [4.78, 5) is 0. The Morgan fingerprint density at radius 1 is 1.12 bits per heavy atom. The summed E-state index contributed by atoms with van der Waals surface area (Å²) in [6.07, 6.45) is 0. The predicted octanol–water partition coefficient (Wildman–Crippen LogP) is 2.81. The lowest BCUT2D eigenvalue weighted by atomic mass is 10.2. The number of benzene rings is 1. The van der Waals surface area contributed by atoms with E-state index in [4.69, 9.17) is 4.74 Å². The molecule has 2 rings (SSSR count). The lowest BCUT2D eigenvalue weighted by molar-refractivity contribution is 0.411. The molecule has 0 saturated carbocycles. The van der Waals surface area contributed by atoms with Crippen molar-refractivity contribution in [3.63, 3.8) is 0 Å². The fraction of sp³-hybridized carbons (Fsp3) is 0.308. The molecule has 0 radical (unpaired) electrons. The number of hydrogen-bond acceptors (Lipinski definition) is 2. The van der Waals surface area contributed by atoms with E-state index < -0.39 is 0 Å². The first-order valence-corrected chi connectivity index (χ1v) is 5.30. The van der Waals surface area contributed by atoms with E-state index in [9.17, 15) is 0 Å². The molecule has 0 aliphatic carbocycles. The molecule has 1 aromatic carbocycles. The predicted molar refractivity (Wildman–Crippen MR) is 64.3 cm³/mol. The van der Waals surface area contributed by atoms with Gasteiger partial charge in [-0.1, -0.05) is 0 Å². The first-order valence-electron chi connectivity index (χ1n) is 5.30. The van der Waals surface area contributed by atoms with Crippen molar-refractivity contribution in [1.29, 1.82) is 0 Å². The van der Waals surface area contributed by atoms with Crippen molar-refractivity contribution in [2.45, 2.75) is 20.8 Å². The molecule has 3 nitrogen and oxygen atoms in total. The molecule has 0 saturated heterocycles. The second-order valence-corrected chi connectivity index (χ2v) is 3.99. The van der Waals surface area contributed by atoms with Crippen molar-refractivity contribution in [3.05, 3.63) is 41.2 Å². The van der Waals surface area contributed by atoms with Crippen LogP contribution in [0.4, 0.5) is 0 Å². The number of ether oxygens (including phenoxy) is 1. The molecule has 0 spiro atoms. The lowest BCUT2D eigenvalue weighted by Crippen LogP contribution is -2.00. The highest BCUT2D eigenvalue weighted by atomic mass is 16.5. The van der Waals surface area contributed by atoms with Gasteiger partial charge in [0, 0.05) is 5.69 Å². The Balaban J connectivity index is 2.49. The molecule has 0 fully saturated rings. The number of aryl methyl sites for hydroxylation is 3. The van der Waals surface area contributed by atoms with Crippen LogP contribution in [0.3, 0.4) is 0 Å². The first-order chi connectivity index (χ1) is 7.61. The van der Waals surface area contributed by atoms with Gasteiger partial charge in [0.1, 0.15) is 5.75 Å². The fourth-order valence-electron chi connectivity index (χ4n) is 1.88. The average Bonchev–Trinajstić information content (AvgIpc) is 2.58. The second-order valence-electron chi connectivity index (χ2n) is 3.99. The smallest absolute Gasteiger partial charge is 0.121 e. The first kappa shape index (κ1) is 10.7. The van der Waals surface area contributed by atoms with Crippen molar-refractivity contribution in [3.8, 4) is 11.4 Å². The number of aromatic nitrogens is 2. The highest BCUT2D eigenvalue weighted by Crippen LogP contribution is 2.21. The van der Waals surface area contributed by atoms with Crippen LogP contribution in [-0.2, 0) is 0 Å². The maximum absolute atomic E-state index is 5.24. The Morgan fingerprint density at radius 2 is 1.88 bits per heavy atom. The van der Waals surface area contributed by atoms with Crippen LogP contribution < -0.4 is 4.74 Å². The van der Waals surface area contributed by atoms with E-state index in [1.165, 1.54) is 0 Å². The van der Waals surface area contributed by atoms with Crippen LogP contribution in [0, 0.1) is 20.8 Å². The topological polar surface area (TPSA) is 27.1 Å². The van der Waals surface area contributed by atoms with Gasteiger partial charge in [0.05, 0.1) is 18.5 Å². The molecule has 0 bridgehead atoms. The third-order valence-corrected chi connectivity index (χ3v) is 2.63. The average molecular weight is 216 g/mol. The lowest BCUT2D eigenvalue weighted by Gasteiger charge is -2.08. The maximum Gasteiger partial charge on any atom is 0.121 e. The van der Waals surface area contributed by atoms with Gasteiger partial charge < -0.3 is 4.74 Å². The normalized spacial score (nSPS) is 10.5. The summed E-state index contributed by atoms with van der Waals surface area (Å²) in [6, 6.07) is 8.14. The number of methoxy groups -OCH3 is 1. The molecule has 1 heterocycles. The zero-order valence-electron chi connectivity index (χ0n) is 10.1. The molecule has 2 aromatic rings. The van der Waals surface area contributed by atoms with Gasteiger partial charge in [-0.05, 0) is 50.6 Å². The summed E-state index contributed by atoms with van der Waals surface area (Å²) in [5.41, 5.74) is 4.37. The summed E-state index contributed by atoms with van der Waals surface area (Å²) in [7, 11) is 1.69. The van der Waals surface area contributed by atoms with E-state index in [-0.39, 0.29) is 0 Å². The minimum atomic E-state index is 0.908. The van der Waals surface area contributed by atoms with Crippen LogP contribution in [0.5, 0.6) is 5.75 Å². The SMILES string of the molecule is COc1ccc(-n2nc(C)cc2C)cc1C. The van der Waals surface area contributed by atoms with Crippen LogP contribution >= 0.6 is 0 Å². The van der Waals surface area contributed by atoms with Gasteiger partial charge in [-0.25, -0.2) is 4.68 Å². The summed E-state index contributed by atoms with van der Waals surface area (Å²) < 4.78 is 7.19. The van der Waals surface area contributed by atoms with Crippen molar-refractivity contribution in [2.75, 3.05) is 7.11 Å². The summed E-state index contributed by atoms with van der Waals surface area (Å²) >= 11 is 0. The molecule has 0 amide bonds. The Kier molecular flexibility index (Phi) is 2.69. The van der Waals surface area contributed by atoms with Crippen LogP contribution in [-0.4, -0.2) is 16.9 Å². The highest BCUT2D eigenvalue weighted by molar-refractivity contribution is 5.44. The molecule has 16 heavy (non-hydrogen) atoms. The van der Waals surface area contributed by atoms with E-state index in [0.717, 1.165) is 28.4 Å². The molecular formula is C13H16N2O. The zero-order valence-corrected chi connectivity index (χ0v) is 10.1. The van der Waals surface area contributed by atoms with Gasteiger partial charge in [0.25, 0.3) is 0 Å². The number of nitrogens with zero attached hydrogens (tertiary/aromatic N) is 2. The Bertz CT molecular complexity index is 515. The minimum Gasteiger partial charge on any atom is -0.496 e. The van der Waals surface area contributed by atoms with E-state index in [1.54, 1.807) is 7.11 Å². The van der Waals surface area contributed by atoms with Crippen LogP contribution in [0.15, 0.2) is 24.3 Å². The molecular weight excluding hydrogens is 200 g/mol. The Labute approximate surface area is 95.7 Å². The Hall–Kier alpha value is -1.77. The van der Waals surface area contributed by atoms with E-state index >= 15 is 0 Å². The van der Waals surface area contributed by atoms with E-state index in [2.05, 4.69) is 24.2 Å². The zero-order chi connectivity index (χ0) is 11.7. The molecule has 1 aromatic heterocycles. The van der Waals surface area contributed by atoms with Gasteiger partial charge in [-0.2, -0.15) is 5.10 Å². The molecule has 84 valence electrons. The largest absolute Gasteiger partial charge is 0.496 e. The number of rotatable bonds is 2. The molecule has 0 N–H and O–H groups in total. The van der Waals surface area contributed by atoms with Crippen molar-refractivity contribution < 1.29 is 4.74 Å². The minimum absolute atomic E-state index is 0.908. The van der Waals surface area contributed by atoms with E-state index in [1.807, 2.05) is 30.7 Å². The van der Waals surface area contributed by atoms with Crippen molar-refractivity contribution in [1.82, 2.24) is 9.78 Å². The quantitative estimate of drug-likeness (QED) is 0.771. The van der Waals surface area contributed by atoms with Gasteiger partial charge in [0.15, 0.2) is 0 Å².